The Morgan fingerprint density at radius 1 is 1.00 bits per heavy atom. The molecule has 160 valence electrons. The number of amides is 1. The molecular weight excluding hydrogens is 441 g/mol. The minimum absolute atomic E-state index is 0.0393. The van der Waals surface area contributed by atoms with E-state index in [9.17, 15) is 26.7 Å². The van der Waals surface area contributed by atoms with Gasteiger partial charge in [-0.2, -0.15) is 13.2 Å². The molecule has 0 spiro atoms. The highest BCUT2D eigenvalue weighted by Gasteiger charge is 2.34. The van der Waals surface area contributed by atoms with Crippen molar-refractivity contribution in [2.75, 3.05) is 0 Å². The second-order valence-corrected chi connectivity index (χ2v) is 7.33. The number of ether oxygens (including phenoxy) is 1. The molecular formula is C22H13ClF5NO2. The molecule has 0 saturated heterocycles. The molecule has 0 bridgehead atoms. The van der Waals surface area contributed by atoms with Gasteiger partial charge in [-0.25, -0.2) is 8.78 Å². The molecule has 1 atom stereocenters. The van der Waals surface area contributed by atoms with Crippen LogP contribution in [0, 0.1) is 11.6 Å². The lowest BCUT2D eigenvalue weighted by Crippen LogP contribution is -2.20. The summed E-state index contributed by atoms with van der Waals surface area (Å²) in [6.45, 7) is -0.380. The number of nitrogens with one attached hydrogen (secondary N) is 1. The van der Waals surface area contributed by atoms with Gasteiger partial charge in [0.15, 0.2) is 0 Å². The molecule has 0 radical (unpaired) electrons. The average molecular weight is 454 g/mol. The van der Waals surface area contributed by atoms with Gasteiger partial charge in [-0.3, -0.25) is 4.79 Å². The van der Waals surface area contributed by atoms with Crippen molar-refractivity contribution in [3.8, 4) is 5.75 Å². The molecule has 1 heterocycles. The van der Waals surface area contributed by atoms with Gasteiger partial charge < -0.3 is 10.1 Å². The Morgan fingerprint density at radius 3 is 2.52 bits per heavy atom. The van der Waals surface area contributed by atoms with Crippen LogP contribution in [0.3, 0.4) is 0 Å². The number of benzene rings is 3. The SMILES string of the molecule is O=C1NC(c2cc(F)ccc2Cl)c2c(OCc3cc(F)cc(C(F)(F)F)c3)cccc21. The average Bonchev–Trinajstić information content (AvgIpc) is 3.04. The van der Waals surface area contributed by atoms with Crippen molar-refractivity contribution in [2.45, 2.75) is 18.8 Å². The van der Waals surface area contributed by atoms with Crippen molar-refractivity contribution in [1.82, 2.24) is 5.32 Å². The Labute approximate surface area is 178 Å². The quantitative estimate of drug-likeness (QED) is 0.488. The molecule has 0 fully saturated rings. The molecule has 31 heavy (non-hydrogen) atoms. The topological polar surface area (TPSA) is 38.3 Å². The van der Waals surface area contributed by atoms with Gasteiger partial charge in [-0.1, -0.05) is 17.7 Å². The van der Waals surface area contributed by atoms with E-state index in [4.69, 9.17) is 16.3 Å². The van der Waals surface area contributed by atoms with Gasteiger partial charge in [0, 0.05) is 21.7 Å². The van der Waals surface area contributed by atoms with E-state index < -0.39 is 35.3 Å². The van der Waals surface area contributed by atoms with E-state index in [1.54, 1.807) is 0 Å². The van der Waals surface area contributed by atoms with Crippen LogP contribution in [0.25, 0.3) is 0 Å². The Hall–Kier alpha value is -3.13. The lowest BCUT2D eigenvalue weighted by molar-refractivity contribution is -0.137. The lowest BCUT2D eigenvalue weighted by atomic mass is 9.97. The van der Waals surface area contributed by atoms with Crippen LogP contribution in [0.2, 0.25) is 5.02 Å². The first-order chi connectivity index (χ1) is 14.6. The third kappa shape index (κ3) is 4.20. The molecule has 1 aliphatic rings. The largest absolute Gasteiger partial charge is 0.489 e. The van der Waals surface area contributed by atoms with Crippen molar-refractivity contribution in [3.05, 3.63) is 99.1 Å². The molecule has 4 rings (SSSR count). The van der Waals surface area contributed by atoms with Crippen LogP contribution < -0.4 is 10.1 Å². The molecule has 3 aromatic carbocycles. The molecule has 0 aliphatic carbocycles. The Balaban J connectivity index is 1.69. The number of fused-ring (bicyclic) bond motifs is 1. The minimum atomic E-state index is -4.71. The second kappa shape index (κ2) is 7.85. The number of carbonyl (C=O) groups is 1. The van der Waals surface area contributed by atoms with Crippen LogP contribution in [-0.2, 0) is 12.8 Å². The van der Waals surface area contributed by atoms with Gasteiger partial charge in [-0.15, -0.1) is 0 Å². The fraction of sp³-hybridized carbons (Fsp3) is 0.136. The Bertz CT molecular complexity index is 1180. The van der Waals surface area contributed by atoms with Crippen molar-refractivity contribution >= 4 is 17.5 Å². The maximum Gasteiger partial charge on any atom is 0.416 e. The molecule has 1 amide bonds. The molecule has 0 saturated carbocycles. The first kappa shape index (κ1) is 21.1. The van der Waals surface area contributed by atoms with Gasteiger partial charge in [0.1, 0.15) is 24.0 Å². The number of rotatable bonds is 4. The zero-order valence-electron chi connectivity index (χ0n) is 15.6. The highest BCUT2D eigenvalue weighted by molar-refractivity contribution is 6.31. The van der Waals surface area contributed by atoms with Crippen LogP contribution in [0.5, 0.6) is 5.75 Å². The van der Waals surface area contributed by atoms with Gasteiger partial charge >= 0.3 is 6.18 Å². The summed E-state index contributed by atoms with van der Waals surface area (Å²) < 4.78 is 72.0. The first-order valence-electron chi connectivity index (χ1n) is 9.01. The minimum Gasteiger partial charge on any atom is -0.489 e. The first-order valence-corrected chi connectivity index (χ1v) is 9.39. The van der Waals surface area contributed by atoms with Crippen LogP contribution in [0.4, 0.5) is 22.0 Å². The number of carbonyl (C=O) groups excluding carboxylic acids is 1. The smallest absolute Gasteiger partial charge is 0.416 e. The van der Waals surface area contributed by atoms with E-state index in [1.165, 1.54) is 36.4 Å². The summed E-state index contributed by atoms with van der Waals surface area (Å²) in [5, 5.41) is 2.92. The molecule has 3 aromatic rings. The van der Waals surface area contributed by atoms with Gasteiger partial charge in [0.2, 0.25) is 0 Å². The van der Waals surface area contributed by atoms with Crippen molar-refractivity contribution in [2.24, 2.45) is 0 Å². The van der Waals surface area contributed by atoms with Crippen LogP contribution in [0.15, 0.2) is 54.6 Å². The number of hydrogen-bond donors (Lipinski definition) is 1. The van der Waals surface area contributed by atoms with Crippen molar-refractivity contribution in [1.29, 1.82) is 0 Å². The fourth-order valence-corrected chi connectivity index (χ4v) is 3.70. The summed E-state index contributed by atoms with van der Waals surface area (Å²) in [6.07, 6.45) is -4.71. The summed E-state index contributed by atoms with van der Waals surface area (Å²) in [5.41, 5.74) is -0.242. The predicted octanol–water partition coefficient (Wildman–Crippen LogP) is 6.05. The normalized spacial score (nSPS) is 15.5. The predicted molar refractivity (Wildman–Crippen MR) is 103 cm³/mol. The zero-order chi connectivity index (χ0) is 22.3. The molecule has 0 aromatic heterocycles. The van der Waals surface area contributed by atoms with E-state index in [2.05, 4.69) is 5.32 Å². The van der Waals surface area contributed by atoms with Gasteiger partial charge in [-0.05, 0) is 54.1 Å². The molecule has 1 N–H and O–H groups in total. The molecule has 1 unspecified atom stereocenters. The maximum atomic E-state index is 13.8. The highest BCUT2D eigenvalue weighted by atomic mass is 35.5. The maximum absolute atomic E-state index is 13.8. The highest BCUT2D eigenvalue weighted by Crippen LogP contribution is 2.40. The monoisotopic (exact) mass is 453 g/mol. The third-order valence-electron chi connectivity index (χ3n) is 4.82. The summed E-state index contributed by atoms with van der Waals surface area (Å²) in [6, 6.07) is 9.60. The molecule has 9 heteroatoms. The zero-order valence-corrected chi connectivity index (χ0v) is 16.3. The summed E-state index contributed by atoms with van der Waals surface area (Å²) in [5.74, 6) is -1.86. The fourth-order valence-electron chi connectivity index (χ4n) is 3.47. The van der Waals surface area contributed by atoms with Crippen LogP contribution in [0.1, 0.15) is 38.7 Å². The van der Waals surface area contributed by atoms with Crippen LogP contribution in [-0.4, -0.2) is 5.91 Å². The summed E-state index contributed by atoms with van der Waals surface area (Å²) in [4.78, 5) is 12.4. The number of hydrogen-bond acceptors (Lipinski definition) is 2. The summed E-state index contributed by atoms with van der Waals surface area (Å²) >= 11 is 6.19. The Kier molecular flexibility index (Phi) is 5.35. The number of halogens is 6. The Morgan fingerprint density at radius 2 is 1.77 bits per heavy atom. The van der Waals surface area contributed by atoms with Gasteiger partial charge in [0.25, 0.3) is 5.91 Å². The lowest BCUT2D eigenvalue weighted by Gasteiger charge is -2.18. The summed E-state index contributed by atoms with van der Waals surface area (Å²) in [7, 11) is 0. The molecule has 1 aliphatic heterocycles. The molecule has 3 nitrogen and oxygen atoms in total. The third-order valence-corrected chi connectivity index (χ3v) is 5.17. The van der Waals surface area contributed by atoms with Crippen LogP contribution >= 0.6 is 11.6 Å². The van der Waals surface area contributed by atoms with Crippen molar-refractivity contribution < 1.29 is 31.5 Å². The second-order valence-electron chi connectivity index (χ2n) is 6.92. The van der Waals surface area contributed by atoms with Crippen molar-refractivity contribution in [3.63, 3.8) is 0 Å². The standard InChI is InChI=1S/C22H13ClF5NO2/c23-17-5-4-13(24)9-16(17)20-19-15(21(30)29-20)2-1-3-18(19)31-10-11-6-12(22(26,27)28)8-14(25)7-11/h1-9,20H,10H2,(H,29,30). The van der Waals surface area contributed by atoms with E-state index >= 15 is 0 Å². The van der Waals surface area contributed by atoms with E-state index in [-0.39, 0.29) is 28.5 Å². The van der Waals surface area contributed by atoms with E-state index in [0.717, 1.165) is 12.1 Å². The van der Waals surface area contributed by atoms with Gasteiger partial charge in [0.05, 0.1) is 11.6 Å². The number of alkyl halides is 3. The van der Waals surface area contributed by atoms with E-state index in [1.807, 2.05) is 0 Å². The van der Waals surface area contributed by atoms with E-state index in [0.29, 0.717) is 17.2 Å².